The number of aromatic nitrogens is 2. The Labute approximate surface area is 118 Å². The molecule has 1 aliphatic carbocycles. The number of aromatic carboxylic acids is 1. The average Bonchev–Trinajstić information content (AvgIpc) is 2.93. The number of rotatable bonds is 2. The van der Waals surface area contributed by atoms with Gasteiger partial charge in [0.05, 0.1) is 0 Å². The summed E-state index contributed by atoms with van der Waals surface area (Å²) in [6.07, 6.45) is 2.67. The third kappa shape index (κ3) is 2.74. The van der Waals surface area contributed by atoms with Crippen molar-refractivity contribution in [2.24, 2.45) is 0 Å². The average molecular weight is 272 g/mol. The molecule has 0 saturated heterocycles. The van der Waals surface area contributed by atoms with E-state index in [-0.39, 0.29) is 5.69 Å². The zero-order valence-corrected chi connectivity index (χ0v) is 11.9. The number of carboxylic acid groups (broad SMARTS) is 1. The van der Waals surface area contributed by atoms with Crippen LogP contribution in [-0.4, -0.2) is 21.3 Å². The summed E-state index contributed by atoms with van der Waals surface area (Å²) in [5.41, 5.74) is 3.33. The summed E-state index contributed by atoms with van der Waals surface area (Å²) in [6.45, 7) is 4.00. The number of benzene rings is 1. The molecular formula is C16H20N2O2. The maximum Gasteiger partial charge on any atom is 0.356 e. The van der Waals surface area contributed by atoms with E-state index in [1.165, 1.54) is 5.56 Å². The van der Waals surface area contributed by atoms with Gasteiger partial charge in [-0.1, -0.05) is 44.2 Å². The normalized spacial score (nSPS) is 16.8. The molecule has 0 radical (unpaired) electrons. The number of carbonyl (C=O) groups is 1. The fourth-order valence-electron chi connectivity index (χ4n) is 2.68. The lowest BCUT2D eigenvalue weighted by atomic mass is 9.82. The largest absolute Gasteiger partial charge is 0.476 e. The van der Waals surface area contributed by atoms with Crippen LogP contribution in [0.25, 0.3) is 0 Å². The monoisotopic (exact) mass is 272 g/mol. The van der Waals surface area contributed by atoms with Gasteiger partial charge in [-0.3, -0.25) is 5.10 Å². The number of fused-ring (bicyclic) bond motifs is 1. The van der Waals surface area contributed by atoms with Crippen molar-refractivity contribution >= 4 is 5.97 Å². The number of H-pyrrole nitrogens is 1. The molecule has 1 aromatic heterocycles. The first kappa shape index (κ1) is 14.3. The summed E-state index contributed by atoms with van der Waals surface area (Å²) in [5.74, 6) is -0.546. The Morgan fingerprint density at radius 3 is 2.65 bits per heavy atom. The number of nitrogens with one attached hydrogen (secondary N) is 1. The summed E-state index contributed by atoms with van der Waals surface area (Å²) >= 11 is 0. The first-order valence-corrected chi connectivity index (χ1v) is 7.10. The maximum atomic E-state index is 11.1. The number of aromatic amines is 1. The molecule has 1 aliphatic rings. The Morgan fingerprint density at radius 1 is 1.30 bits per heavy atom. The van der Waals surface area contributed by atoms with Gasteiger partial charge in [-0.15, -0.1) is 0 Å². The van der Waals surface area contributed by atoms with Gasteiger partial charge in [-0.2, -0.15) is 5.10 Å². The molecule has 0 fully saturated rings. The van der Waals surface area contributed by atoms with E-state index in [4.69, 9.17) is 5.11 Å². The number of aryl methyl sites for hydroxylation is 1. The van der Waals surface area contributed by atoms with Crippen molar-refractivity contribution in [1.82, 2.24) is 10.2 Å². The predicted octanol–water partition coefficient (Wildman–Crippen LogP) is 3.41. The van der Waals surface area contributed by atoms with Gasteiger partial charge in [0.2, 0.25) is 0 Å². The smallest absolute Gasteiger partial charge is 0.356 e. The van der Waals surface area contributed by atoms with Crippen molar-refractivity contribution in [3.8, 4) is 0 Å². The van der Waals surface area contributed by atoms with Crippen LogP contribution in [0.4, 0.5) is 0 Å². The van der Waals surface area contributed by atoms with E-state index in [2.05, 4.69) is 22.3 Å². The number of hydrogen-bond donors (Lipinski definition) is 2. The summed E-state index contributed by atoms with van der Waals surface area (Å²) in [5, 5.41) is 15.9. The van der Waals surface area contributed by atoms with E-state index < -0.39 is 5.97 Å². The fraction of sp³-hybridized carbons (Fsp3) is 0.375. The lowest BCUT2D eigenvalue weighted by Gasteiger charge is -2.22. The summed E-state index contributed by atoms with van der Waals surface area (Å²) in [7, 11) is 0. The molecule has 2 N–H and O–H groups in total. The number of hydrogen-bond acceptors (Lipinski definition) is 2. The SMILES string of the molecule is CC.O=C(O)c1n[nH]c2c1CC(c1ccccc1)CC2. The van der Waals surface area contributed by atoms with Gasteiger partial charge in [0, 0.05) is 11.3 Å². The second kappa shape index (κ2) is 6.37. The van der Waals surface area contributed by atoms with Crippen LogP contribution < -0.4 is 0 Å². The molecule has 1 aromatic carbocycles. The van der Waals surface area contributed by atoms with Crippen LogP contribution in [0.2, 0.25) is 0 Å². The molecule has 4 heteroatoms. The molecule has 0 bridgehead atoms. The Bertz CT molecular complexity index is 575. The van der Waals surface area contributed by atoms with Gasteiger partial charge in [-0.25, -0.2) is 4.79 Å². The Morgan fingerprint density at radius 2 is 2.00 bits per heavy atom. The number of nitrogens with zero attached hydrogens (tertiary/aromatic N) is 1. The van der Waals surface area contributed by atoms with Gasteiger partial charge in [0.25, 0.3) is 0 Å². The molecule has 0 aliphatic heterocycles. The second-order valence-electron chi connectivity index (χ2n) is 4.68. The van der Waals surface area contributed by atoms with E-state index in [1.807, 2.05) is 32.0 Å². The fourth-order valence-corrected chi connectivity index (χ4v) is 2.68. The molecule has 4 nitrogen and oxygen atoms in total. The molecule has 0 amide bonds. The van der Waals surface area contributed by atoms with E-state index >= 15 is 0 Å². The quantitative estimate of drug-likeness (QED) is 0.880. The van der Waals surface area contributed by atoms with Crippen LogP contribution in [0, 0.1) is 0 Å². The predicted molar refractivity (Wildman–Crippen MR) is 78.1 cm³/mol. The van der Waals surface area contributed by atoms with Gasteiger partial charge in [-0.05, 0) is 30.7 Å². The zero-order chi connectivity index (χ0) is 14.5. The lowest BCUT2D eigenvalue weighted by molar-refractivity contribution is 0.0689. The van der Waals surface area contributed by atoms with E-state index in [0.29, 0.717) is 5.92 Å². The van der Waals surface area contributed by atoms with Crippen molar-refractivity contribution < 1.29 is 9.90 Å². The van der Waals surface area contributed by atoms with Crippen molar-refractivity contribution in [3.63, 3.8) is 0 Å². The highest BCUT2D eigenvalue weighted by Gasteiger charge is 2.27. The third-order valence-corrected chi connectivity index (χ3v) is 3.62. The Kier molecular flexibility index (Phi) is 4.56. The van der Waals surface area contributed by atoms with Crippen LogP contribution in [0.1, 0.15) is 53.5 Å². The minimum atomic E-state index is -0.943. The molecule has 0 saturated carbocycles. The molecule has 3 rings (SSSR count). The molecule has 1 unspecified atom stereocenters. The van der Waals surface area contributed by atoms with Crippen molar-refractivity contribution in [2.75, 3.05) is 0 Å². The summed E-state index contributed by atoms with van der Waals surface area (Å²) < 4.78 is 0. The van der Waals surface area contributed by atoms with Gasteiger partial charge in [0.15, 0.2) is 5.69 Å². The van der Waals surface area contributed by atoms with Crippen LogP contribution in [0.3, 0.4) is 0 Å². The zero-order valence-electron chi connectivity index (χ0n) is 11.9. The molecule has 106 valence electrons. The highest BCUT2D eigenvalue weighted by atomic mass is 16.4. The first-order valence-electron chi connectivity index (χ1n) is 7.10. The van der Waals surface area contributed by atoms with Crippen molar-refractivity contribution in [1.29, 1.82) is 0 Å². The van der Waals surface area contributed by atoms with Crippen LogP contribution in [0.5, 0.6) is 0 Å². The second-order valence-corrected chi connectivity index (χ2v) is 4.68. The van der Waals surface area contributed by atoms with E-state index in [0.717, 1.165) is 30.5 Å². The Hall–Kier alpha value is -2.10. The van der Waals surface area contributed by atoms with Gasteiger partial charge in [0.1, 0.15) is 0 Å². The molecular weight excluding hydrogens is 252 g/mol. The van der Waals surface area contributed by atoms with Gasteiger partial charge < -0.3 is 5.11 Å². The summed E-state index contributed by atoms with van der Waals surface area (Å²) in [4.78, 5) is 11.1. The van der Waals surface area contributed by atoms with E-state index in [1.54, 1.807) is 0 Å². The lowest BCUT2D eigenvalue weighted by Crippen LogP contribution is -2.14. The van der Waals surface area contributed by atoms with Crippen molar-refractivity contribution in [3.05, 3.63) is 52.8 Å². The minimum Gasteiger partial charge on any atom is -0.476 e. The van der Waals surface area contributed by atoms with Gasteiger partial charge >= 0.3 is 5.97 Å². The maximum absolute atomic E-state index is 11.1. The molecule has 0 spiro atoms. The molecule has 1 atom stereocenters. The van der Waals surface area contributed by atoms with Crippen LogP contribution >= 0.6 is 0 Å². The number of carboxylic acids is 1. The third-order valence-electron chi connectivity index (χ3n) is 3.62. The Balaban J connectivity index is 0.000000704. The van der Waals surface area contributed by atoms with E-state index in [9.17, 15) is 4.79 Å². The highest BCUT2D eigenvalue weighted by Crippen LogP contribution is 2.33. The standard InChI is InChI=1S/C14H14N2O2.C2H6/c17-14(18)13-11-8-10(6-7-12(11)15-16-13)9-4-2-1-3-5-9;1-2/h1-5,10H,6-8H2,(H,15,16)(H,17,18);1-2H3. The van der Waals surface area contributed by atoms with Crippen molar-refractivity contribution in [2.45, 2.75) is 39.0 Å². The topological polar surface area (TPSA) is 66.0 Å². The minimum absolute atomic E-state index is 0.186. The van der Waals surface area contributed by atoms with Crippen LogP contribution in [-0.2, 0) is 12.8 Å². The van der Waals surface area contributed by atoms with Crippen LogP contribution in [0.15, 0.2) is 30.3 Å². The molecule has 2 aromatic rings. The highest BCUT2D eigenvalue weighted by molar-refractivity contribution is 5.87. The molecule has 1 heterocycles. The summed E-state index contributed by atoms with van der Waals surface area (Å²) in [6, 6.07) is 10.3. The molecule has 20 heavy (non-hydrogen) atoms. The first-order chi connectivity index (χ1) is 9.75.